The largest absolute Gasteiger partial charge is 0.461 e. The second kappa shape index (κ2) is 5.85. The fraction of sp³-hybridized carbons (Fsp3) is 0.500. The molecule has 1 aliphatic rings. The zero-order chi connectivity index (χ0) is 13.1. The van der Waals surface area contributed by atoms with E-state index in [1.54, 1.807) is 0 Å². The lowest BCUT2D eigenvalue weighted by Crippen LogP contribution is -2.36. The van der Waals surface area contributed by atoms with Crippen molar-refractivity contribution in [2.45, 2.75) is 31.9 Å². The average molecular weight is 312 g/mol. The van der Waals surface area contributed by atoms with Crippen LogP contribution >= 0.6 is 15.9 Å². The van der Waals surface area contributed by atoms with E-state index < -0.39 is 0 Å². The number of hydrogen-bond acceptors (Lipinski definition) is 3. The Hall–Kier alpha value is -0.870. The number of benzene rings is 1. The maximum absolute atomic E-state index is 11.6. The molecule has 0 saturated carbocycles. The minimum atomic E-state index is -0.0826. The molecule has 0 unspecified atom stereocenters. The summed E-state index contributed by atoms with van der Waals surface area (Å²) in [5, 5.41) is 0. The summed E-state index contributed by atoms with van der Waals surface area (Å²) < 4.78 is 6.27. The van der Waals surface area contributed by atoms with Gasteiger partial charge in [0.2, 0.25) is 0 Å². The molecule has 0 N–H and O–H groups in total. The lowest BCUT2D eigenvalue weighted by atomic mass is 10.1. The molecule has 0 bridgehead atoms. The fourth-order valence-electron chi connectivity index (χ4n) is 2.21. The van der Waals surface area contributed by atoms with Gasteiger partial charge in [-0.3, -0.25) is 9.69 Å². The molecule has 0 aromatic heterocycles. The quantitative estimate of drug-likeness (QED) is 0.801. The molecule has 4 heteroatoms. The maximum Gasteiger partial charge on any atom is 0.323 e. The summed E-state index contributed by atoms with van der Waals surface area (Å²) in [4.78, 5) is 13.7. The van der Waals surface area contributed by atoms with Gasteiger partial charge in [-0.1, -0.05) is 28.1 Å². The topological polar surface area (TPSA) is 29.5 Å². The van der Waals surface area contributed by atoms with Crippen LogP contribution in [0.15, 0.2) is 28.7 Å². The van der Waals surface area contributed by atoms with Crippen molar-refractivity contribution in [1.82, 2.24) is 4.90 Å². The molecule has 2 rings (SSSR count). The number of carbonyl (C=O) groups is 1. The van der Waals surface area contributed by atoms with E-state index in [4.69, 9.17) is 4.74 Å². The molecule has 0 radical (unpaired) electrons. The smallest absolute Gasteiger partial charge is 0.323 e. The number of rotatable bonds is 4. The van der Waals surface area contributed by atoms with Gasteiger partial charge < -0.3 is 4.74 Å². The molecule has 1 aromatic rings. The zero-order valence-electron chi connectivity index (χ0n) is 10.7. The van der Waals surface area contributed by atoms with Crippen molar-refractivity contribution >= 4 is 21.9 Å². The van der Waals surface area contributed by atoms with Gasteiger partial charge in [0, 0.05) is 17.4 Å². The highest BCUT2D eigenvalue weighted by molar-refractivity contribution is 9.10. The number of ether oxygens (including phenoxy) is 1. The molecule has 1 fully saturated rings. The minimum Gasteiger partial charge on any atom is -0.461 e. The summed E-state index contributed by atoms with van der Waals surface area (Å²) in [7, 11) is 1.99. The molecule has 1 aliphatic heterocycles. The lowest BCUT2D eigenvalue weighted by molar-refractivity contribution is -0.144. The molecular formula is C14H18BrNO2. The van der Waals surface area contributed by atoms with Gasteiger partial charge in [-0.25, -0.2) is 0 Å². The van der Waals surface area contributed by atoms with Gasteiger partial charge in [-0.05, 0) is 38.1 Å². The molecule has 2 atom stereocenters. The lowest BCUT2D eigenvalue weighted by Gasteiger charge is -2.20. The van der Waals surface area contributed by atoms with Gasteiger partial charge >= 0.3 is 5.97 Å². The number of carbonyl (C=O) groups excluding carboxylic acids is 1. The van der Waals surface area contributed by atoms with E-state index in [1.807, 2.05) is 26.1 Å². The standard InChI is InChI=1S/C14H18BrNO2/c1-10-9-13(14(17)18-10)16(2)8-7-11-3-5-12(15)6-4-11/h3-6,10,13H,7-9H2,1-2H3/t10-,13-/m0/s1. The molecule has 18 heavy (non-hydrogen) atoms. The Morgan fingerprint density at radius 2 is 2.06 bits per heavy atom. The van der Waals surface area contributed by atoms with Crippen LogP contribution < -0.4 is 0 Å². The average Bonchev–Trinajstić information content (AvgIpc) is 2.67. The number of hydrogen-bond donors (Lipinski definition) is 0. The number of likely N-dealkylation sites (N-methyl/N-ethyl adjacent to an activating group) is 1. The molecule has 1 aromatic carbocycles. The van der Waals surface area contributed by atoms with Crippen molar-refractivity contribution in [1.29, 1.82) is 0 Å². The summed E-state index contributed by atoms with van der Waals surface area (Å²) in [6, 6.07) is 8.22. The predicted molar refractivity (Wildman–Crippen MR) is 74.4 cm³/mol. The predicted octanol–water partition coefficient (Wildman–Crippen LogP) is 2.63. The Bertz CT molecular complexity index is 418. The van der Waals surface area contributed by atoms with Crippen LogP contribution in [-0.4, -0.2) is 36.6 Å². The molecule has 0 amide bonds. The highest BCUT2D eigenvalue weighted by atomic mass is 79.9. The number of halogens is 1. The number of cyclic esters (lactones) is 1. The van der Waals surface area contributed by atoms with Crippen molar-refractivity contribution in [2.75, 3.05) is 13.6 Å². The zero-order valence-corrected chi connectivity index (χ0v) is 12.3. The van der Waals surface area contributed by atoms with Crippen molar-refractivity contribution < 1.29 is 9.53 Å². The van der Waals surface area contributed by atoms with Gasteiger partial charge in [-0.15, -0.1) is 0 Å². The molecular weight excluding hydrogens is 294 g/mol. The Balaban J connectivity index is 1.86. The third-order valence-electron chi connectivity index (χ3n) is 3.34. The summed E-state index contributed by atoms with van der Waals surface area (Å²) in [5.74, 6) is -0.0826. The van der Waals surface area contributed by atoms with Crippen LogP contribution in [0.25, 0.3) is 0 Å². The van der Waals surface area contributed by atoms with E-state index >= 15 is 0 Å². The van der Waals surface area contributed by atoms with Crippen molar-refractivity contribution in [3.05, 3.63) is 34.3 Å². The number of esters is 1. The van der Waals surface area contributed by atoms with Crippen LogP contribution in [-0.2, 0) is 16.0 Å². The first kappa shape index (κ1) is 13.6. The van der Waals surface area contributed by atoms with Gasteiger partial charge in [0.1, 0.15) is 12.1 Å². The first-order valence-electron chi connectivity index (χ1n) is 6.21. The van der Waals surface area contributed by atoms with E-state index in [-0.39, 0.29) is 18.1 Å². The molecule has 3 nitrogen and oxygen atoms in total. The van der Waals surface area contributed by atoms with Crippen molar-refractivity contribution in [2.24, 2.45) is 0 Å². The summed E-state index contributed by atoms with van der Waals surface area (Å²) in [6.07, 6.45) is 1.80. The van der Waals surface area contributed by atoms with Gasteiger partial charge in [0.15, 0.2) is 0 Å². The van der Waals surface area contributed by atoms with Crippen LogP contribution in [0.2, 0.25) is 0 Å². The van der Waals surface area contributed by atoms with Gasteiger partial charge in [0.05, 0.1) is 0 Å². The van der Waals surface area contributed by atoms with E-state index in [0.717, 1.165) is 23.9 Å². The number of nitrogens with zero attached hydrogens (tertiary/aromatic N) is 1. The SMILES string of the molecule is C[C@H]1C[C@H](N(C)CCc2ccc(Br)cc2)C(=O)O1. The molecule has 98 valence electrons. The Morgan fingerprint density at radius 1 is 1.39 bits per heavy atom. The van der Waals surface area contributed by atoms with Gasteiger partial charge in [-0.2, -0.15) is 0 Å². The highest BCUT2D eigenvalue weighted by Gasteiger charge is 2.34. The first-order valence-corrected chi connectivity index (χ1v) is 7.01. The fourth-order valence-corrected chi connectivity index (χ4v) is 2.47. The van der Waals surface area contributed by atoms with Crippen LogP contribution in [0, 0.1) is 0 Å². The monoisotopic (exact) mass is 311 g/mol. The second-order valence-corrected chi connectivity index (χ2v) is 5.77. The van der Waals surface area contributed by atoms with E-state index in [0.29, 0.717) is 0 Å². The first-order chi connectivity index (χ1) is 8.56. The van der Waals surface area contributed by atoms with Crippen LogP contribution in [0.5, 0.6) is 0 Å². The highest BCUT2D eigenvalue weighted by Crippen LogP contribution is 2.19. The van der Waals surface area contributed by atoms with E-state index in [1.165, 1.54) is 5.56 Å². The van der Waals surface area contributed by atoms with Crippen molar-refractivity contribution in [3.8, 4) is 0 Å². The molecule has 0 spiro atoms. The third kappa shape index (κ3) is 3.33. The van der Waals surface area contributed by atoms with Crippen LogP contribution in [0.4, 0.5) is 0 Å². The third-order valence-corrected chi connectivity index (χ3v) is 3.87. The summed E-state index contributed by atoms with van der Waals surface area (Å²) in [5.41, 5.74) is 1.28. The van der Waals surface area contributed by atoms with E-state index in [9.17, 15) is 4.79 Å². The van der Waals surface area contributed by atoms with Gasteiger partial charge in [0.25, 0.3) is 0 Å². The van der Waals surface area contributed by atoms with Crippen LogP contribution in [0.3, 0.4) is 0 Å². The van der Waals surface area contributed by atoms with Crippen LogP contribution in [0.1, 0.15) is 18.9 Å². The molecule has 1 saturated heterocycles. The molecule has 1 heterocycles. The normalized spacial score (nSPS) is 23.4. The summed E-state index contributed by atoms with van der Waals surface area (Å²) >= 11 is 3.42. The minimum absolute atomic E-state index is 0.0534. The van der Waals surface area contributed by atoms with Crippen molar-refractivity contribution in [3.63, 3.8) is 0 Å². The Labute approximate surface area is 116 Å². The summed E-state index contributed by atoms with van der Waals surface area (Å²) in [6.45, 7) is 2.81. The second-order valence-electron chi connectivity index (χ2n) is 4.86. The molecule has 0 aliphatic carbocycles. The maximum atomic E-state index is 11.6. The Kier molecular flexibility index (Phi) is 4.40. The Morgan fingerprint density at radius 3 is 2.61 bits per heavy atom. The van der Waals surface area contributed by atoms with E-state index in [2.05, 4.69) is 33.0 Å².